The zero-order valence-electron chi connectivity index (χ0n) is 20.5. The van der Waals surface area contributed by atoms with E-state index in [1.54, 1.807) is 24.3 Å². The average molecular weight is 446 g/mol. The summed E-state index contributed by atoms with van der Waals surface area (Å²) in [5, 5.41) is 15.4. The number of hydrogen-bond donors (Lipinski definition) is 2. The number of carbonyl (C=O) groups is 1. The Labute approximate surface area is 198 Å². The fraction of sp³-hybridized carbons (Fsp3) is 0.370. The van der Waals surface area contributed by atoms with Crippen LogP contribution in [0, 0.1) is 17.2 Å². The van der Waals surface area contributed by atoms with Crippen LogP contribution in [0.1, 0.15) is 62.1 Å². The maximum absolute atomic E-state index is 12.5. The largest absolute Gasteiger partial charge is 0.379 e. The normalized spacial score (nSPS) is 13.6. The molecule has 2 aromatic carbocycles. The highest BCUT2D eigenvalue weighted by Gasteiger charge is 2.11. The van der Waals surface area contributed by atoms with E-state index in [1.807, 2.05) is 30.5 Å². The van der Waals surface area contributed by atoms with Crippen molar-refractivity contribution in [3.63, 3.8) is 0 Å². The Hall–Kier alpha value is -3.43. The lowest BCUT2D eigenvalue weighted by atomic mass is 10.1. The highest BCUT2D eigenvalue weighted by Crippen LogP contribution is 2.19. The standard InChI is InChI=1S/C27H35N5O/c1-7-32(6)18-26(19(2)3)29-17-20(4)30-21(5)24-9-8-10-25(15-24)31-27(33)23-13-11-22(16-28)12-14-23/h8-15,17-21,30H,7H2,1-6H3,(H,31,33)/b26-18+,29-17?/t20?,21-/m0/s1. The second-order valence-corrected chi connectivity index (χ2v) is 8.51. The van der Waals surface area contributed by atoms with Gasteiger partial charge in [-0.25, -0.2) is 0 Å². The first-order valence-electron chi connectivity index (χ1n) is 11.4. The van der Waals surface area contributed by atoms with E-state index in [2.05, 4.69) is 69.5 Å². The Bertz CT molecular complexity index is 1020. The van der Waals surface area contributed by atoms with Crippen molar-refractivity contribution < 1.29 is 4.79 Å². The van der Waals surface area contributed by atoms with Gasteiger partial charge in [0, 0.05) is 49.3 Å². The molecule has 2 atom stereocenters. The van der Waals surface area contributed by atoms with Gasteiger partial charge in [0.25, 0.3) is 5.91 Å². The van der Waals surface area contributed by atoms with Crippen LogP contribution in [0.4, 0.5) is 5.69 Å². The maximum Gasteiger partial charge on any atom is 0.255 e. The zero-order valence-corrected chi connectivity index (χ0v) is 20.5. The van der Waals surface area contributed by atoms with Crippen LogP contribution in [-0.2, 0) is 0 Å². The van der Waals surface area contributed by atoms with E-state index < -0.39 is 0 Å². The van der Waals surface area contributed by atoms with Crippen molar-refractivity contribution in [2.24, 2.45) is 10.9 Å². The van der Waals surface area contributed by atoms with Crippen molar-refractivity contribution in [2.45, 2.75) is 46.7 Å². The van der Waals surface area contributed by atoms with Gasteiger partial charge in [-0.05, 0) is 68.7 Å². The summed E-state index contributed by atoms with van der Waals surface area (Å²) in [4.78, 5) is 19.4. The van der Waals surface area contributed by atoms with Crippen LogP contribution in [0.5, 0.6) is 0 Å². The topological polar surface area (TPSA) is 80.5 Å². The van der Waals surface area contributed by atoms with Crippen LogP contribution in [0.2, 0.25) is 0 Å². The number of benzene rings is 2. The molecule has 6 nitrogen and oxygen atoms in total. The van der Waals surface area contributed by atoms with Crippen LogP contribution in [0.25, 0.3) is 0 Å². The number of carbonyl (C=O) groups excluding carboxylic acids is 1. The third kappa shape index (κ3) is 8.21. The molecule has 0 fully saturated rings. The van der Waals surface area contributed by atoms with Gasteiger partial charge in [0.15, 0.2) is 0 Å². The van der Waals surface area contributed by atoms with Crippen molar-refractivity contribution in [3.05, 3.63) is 77.1 Å². The molecule has 0 bridgehead atoms. The van der Waals surface area contributed by atoms with Gasteiger partial charge in [-0.1, -0.05) is 26.0 Å². The third-order valence-corrected chi connectivity index (χ3v) is 5.32. The fourth-order valence-electron chi connectivity index (χ4n) is 3.17. The van der Waals surface area contributed by atoms with Gasteiger partial charge >= 0.3 is 0 Å². The first kappa shape index (κ1) is 25.8. The van der Waals surface area contributed by atoms with Crippen LogP contribution in [0.15, 0.2) is 65.4 Å². The molecule has 1 amide bonds. The molecule has 0 radical (unpaired) electrons. The molecule has 0 heterocycles. The molecule has 33 heavy (non-hydrogen) atoms. The molecule has 174 valence electrons. The number of nitrogens with one attached hydrogen (secondary N) is 2. The Morgan fingerprint density at radius 3 is 2.45 bits per heavy atom. The number of nitrogens with zero attached hydrogens (tertiary/aromatic N) is 3. The molecule has 0 aliphatic carbocycles. The summed E-state index contributed by atoms with van der Waals surface area (Å²) in [5.74, 6) is 0.138. The summed E-state index contributed by atoms with van der Waals surface area (Å²) >= 11 is 0. The average Bonchev–Trinajstić information content (AvgIpc) is 2.81. The van der Waals surface area contributed by atoms with E-state index in [1.165, 1.54) is 0 Å². The summed E-state index contributed by atoms with van der Waals surface area (Å²) in [7, 11) is 2.05. The smallest absolute Gasteiger partial charge is 0.255 e. The van der Waals surface area contributed by atoms with Gasteiger partial charge in [0.2, 0.25) is 0 Å². The molecule has 0 saturated carbocycles. The number of amides is 1. The zero-order chi connectivity index (χ0) is 24.4. The summed E-state index contributed by atoms with van der Waals surface area (Å²) in [6.45, 7) is 11.5. The number of rotatable bonds is 10. The van der Waals surface area contributed by atoms with Gasteiger partial charge in [-0.3, -0.25) is 9.79 Å². The van der Waals surface area contributed by atoms with Crippen LogP contribution in [-0.4, -0.2) is 36.7 Å². The first-order chi connectivity index (χ1) is 15.7. The molecule has 1 unspecified atom stereocenters. The lowest BCUT2D eigenvalue weighted by Crippen LogP contribution is -2.30. The number of nitriles is 1. The van der Waals surface area contributed by atoms with Gasteiger partial charge in [0.1, 0.15) is 0 Å². The predicted molar refractivity (Wildman–Crippen MR) is 136 cm³/mol. The highest BCUT2D eigenvalue weighted by molar-refractivity contribution is 6.04. The van der Waals surface area contributed by atoms with Gasteiger partial charge in [0.05, 0.1) is 17.3 Å². The lowest BCUT2D eigenvalue weighted by molar-refractivity contribution is 0.102. The minimum absolute atomic E-state index is 0.0722. The van der Waals surface area contributed by atoms with E-state index in [0.29, 0.717) is 17.0 Å². The Morgan fingerprint density at radius 1 is 1.15 bits per heavy atom. The quantitative estimate of drug-likeness (QED) is 0.482. The molecule has 2 rings (SSSR count). The molecule has 2 aromatic rings. The Balaban J connectivity index is 2.03. The van der Waals surface area contributed by atoms with E-state index >= 15 is 0 Å². The van der Waals surface area contributed by atoms with Gasteiger partial charge in [-0.15, -0.1) is 0 Å². The Kier molecular flexibility index (Phi) is 9.84. The summed E-state index contributed by atoms with van der Waals surface area (Å²) in [5.41, 5.74) is 3.88. The molecule has 0 aliphatic rings. The summed E-state index contributed by atoms with van der Waals surface area (Å²) in [6, 6.07) is 16.6. The van der Waals surface area contributed by atoms with Crippen molar-refractivity contribution in [1.82, 2.24) is 10.2 Å². The van der Waals surface area contributed by atoms with Crippen LogP contribution in [0.3, 0.4) is 0 Å². The molecule has 0 aromatic heterocycles. The number of hydrogen-bond acceptors (Lipinski definition) is 5. The summed E-state index contributed by atoms with van der Waals surface area (Å²) < 4.78 is 0. The van der Waals surface area contributed by atoms with Crippen molar-refractivity contribution in [3.8, 4) is 6.07 Å². The predicted octanol–water partition coefficient (Wildman–Crippen LogP) is 5.37. The van der Waals surface area contributed by atoms with Crippen molar-refractivity contribution >= 4 is 17.8 Å². The van der Waals surface area contributed by atoms with Gasteiger partial charge in [-0.2, -0.15) is 5.26 Å². The number of allylic oxidation sites excluding steroid dienone is 1. The molecule has 6 heteroatoms. The van der Waals surface area contributed by atoms with Gasteiger partial charge < -0.3 is 15.5 Å². The first-order valence-corrected chi connectivity index (χ1v) is 11.4. The lowest BCUT2D eigenvalue weighted by Gasteiger charge is -2.19. The molecule has 0 aliphatic heterocycles. The Morgan fingerprint density at radius 2 is 1.85 bits per heavy atom. The van der Waals surface area contributed by atoms with Crippen molar-refractivity contribution in [1.29, 1.82) is 5.26 Å². The van der Waals surface area contributed by atoms with Crippen LogP contribution < -0.4 is 10.6 Å². The third-order valence-electron chi connectivity index (χ3n) is 5.32. The molecule has 0 spiro atoms. The number of anilines is 1. The monoisotopic (exact) mass is 445 g/mol. The van der Waals surface area contributed by atoms with E-state index in [9.17, 15) is 4.79 Å². The fourth-order valence-corrected chi connectivity index (χ4v) is 3.17. The van der Waals surface area contributed by atoms with E-state index in [4.69, 9.17) is 10.3 Å². The SMILES string of the molecule is CCN(C)/C=C(/N=CC(C)N[C@@H](C)c1cccc(NC(=O)c2ccc(C#N)cc2)c1)C(C)C. The minimum atomic E-state index is -0.206. The molecular formula is C27H35N5O. The minimum Gasteiger partial charge on any atom is -0.379 e. The molecular weight excluding hydrogens is 410 g/mol. The maximum atomic E-state index is 12.5. The molecule has 0 saturated heterocycles. The molecule has 2 N–H and O–H groups in total. The highest BCUT2D eigenvalue weighted by atomic mass is 16.1. The number of aliphatic imine (C=N–C) groups is 1. The van der Waals surface area contributed by atoms with E-state index in [-0.39, 0.29) is 18.0 Å². The van der Waals surface area contributed by atoms with E-state index in [0.717, 1.165) is 23.5 Å². The summed E-state index contributed by atoms with van der Waals surface area (Å²) in [6.07, 6.45) is 4.04. The van der Waals surface area contributed by atoms with Crippen LogP contribution >= 0.6 is 0 Å². The second kappa shape index (κ2) is 12.6. The second-order valence-electron chi connectivity index (χ2n) is 8.51. The van der Waals surface area contributed by atoms with Crippen molar-refractivity contribution in [2.75, 3.05) is 18.9 Å².